The summed E-state index contributed by atoms with van der Waals surface area (Å²) in [7, 11) is 1.14. The number of methoxy groups -OCH3 is 1. The van der Waals surface area contributed by atoms with E-state index in [0.717, 1.165) is 7.11 Å². The van der Waals surface area contributed by atoms with Gasteiger partial charge in [0.05, 0.1) is 24.0 Å². The van der Waals surface area contributed by atoms with Crippen molar-refractivity contribution in [2.24, 2.45) is 34.0 Å². The molecule has 3 rings (SSSR count). The number of Topliss-reactive ketones (excluding diaryl/α,β-unsaturated/α-hetero) is 1. The summed E-state index contributed by atoms with van der Waals surface area (Å²) in [6, 6.07) is 0. The number of ketones is 1. The van der Waals surface area contributed by atoms with Gasteiger partial charge in [-0.1, -0.05) is 26.0 Å². The number of cyclic esters (lactones) is 1. The fraction of sp³-hybridized carbons (Fsp3) is 0.769. The molecule has 8 nitrogen and oxygen atoms in total. The fourth-order valence-electron chi connectivity index (χ4n) is 7.90. The third-order valence-corrected chi connectivity index (χ3v) is 9.53. The van der Waals surface area contributed by atoms with E-state index in [1.54, 1.807) is 20.8 Å². The second kappa shape index (κ2) is 7.90. The Morgan fingerprint density at radius 2 is 1.79 bits per heavy atom. The summed E-state index contributed by atoms with van der Waals surface area (Å²) in [5.41, 5.74) is -5.30. The average molecular weight is 479 g/mol. The van der Waals surface area contributed by atoms with Gasteiger partial charge in [0, 0.05) is 6.42 Å². The number of aliphatic hydroxyl groups is 1. The molecular formula is C26H38O8. The first-order chi connectivity index (χ1) is 15.4. The summed E-state index contributed by atoms with van der Waals surface area (Å²) < 4.78 is 10.3. The van der Waals surface area contributed by atoms with Gasteiger partial charge in [0.2, 0.25) is 0 Å². The molecule has 3 aliphatic rings. The molecule has 0 aromatic heterocycles. The molecule has 0 spiro atoms. The Morgan fingerprint density at radius 3 is 2.29 bits per heavy atom. The molecule has 34 heavy (non-hydrogen) atoms. The predicted molar refractivity (Wildman–Crippen MR) is 122 cm³/mol. The molecule has 0 aromatic rings. The summed E-state index contributed by atoms with van der Waals surface area (Å²) in [6.07, 6.45) is 1.72. The number of carbonyl (C=O) groups excluding carboxylic acids is 3. The van der Waals surface area contributed by atoms with Crippen molar-refractivity contribution >= 4 is 23.7 Å². The number of esters is 2. The van der Waals surface area contributed by atoms with E-state index < -0.39 is 57.1 Å². The Morgan fingerprint density at radius 1 is 1.21 bits per heavy atom. The summed E-state index contributed by atoms with van der Waals surface area (Å²) in [4.78, 5) is 51.5. The lowest BCUT2D eigenvalue weighted by atomic mass is 9.37. The highest BCUT2D eigenvalue weighted by molar-refractivity contribution is 6.15. The third-order valence-electron chi connectivity index (χ3n) is 9.53. The molecule has 0 bridgehead atoms. The van der Waals surface area contributed by atoms with Crippen LogP contribution in [0.5, 0.6) is 0 Å². The molecule has 2 N–H and O–H groups in total. The van der Waals surface area contributed by atoms with Crippen LogP contribution in [0.1, 0.15) is 73.6 Å². The topological polar surface area (TPSA) is 127 Å². The second-order valence-electron chi connectivity index (χ2n) is 11.9. The summed E-state index contributed by atoms with van der Waals surface area (Å²) in [5, 5.41) is 20.5. The highest BCUT2D eigenvalue weighted by atomic mass is 16.6. The number of hydrogen-bond acceptors (Lipinski definition) is 7. The number of carboxylic acid groups (broad SMARTS) is 1. The Labute approximate surface area is 201 Å². The molecule has 1 saturated heterocycles. The van der Waals surface area contributed by atoms with Gasteiger partial charge in [0.1, 0.15) is 0 Å². The number of hydrogen-bond donors (Lipinski definition) is 2. The van der Waals surface area contributed by atoms with Crippen LogP contribution in [-0.2, 0) is 28.7 Å². The van der Waals surface area contributed by atoms with Gasteiger partial charge in [0.25, 0.3) is 5.60 Å². The van der Waals surface area contributed by atoms with Crippen molar-refractivity contribution in [3.63, 3.8) is 0 Å². The van der Waals surface area contributed by atoms with Crippen LogP contribution in [0.3, 0.4) is 0 Å². The van der Waals surface area contributed by atoms with Crippen LogP contribution >= 0.6 is 0 Å². The molecule has 2 saturated carbocycles. The number of allylic oxidation sites excluding steroid dienone is 1. The Bertz CT molecular complexity index is 947. The summed E-state index contributed by atoms with van der Waals surface area (Å²) in [5.74, 6) is -4.37. The van der Waals surface area contributed by atoms with E-state index in [1.807, 2.05) is 13.8 Å². The Kier molecular flexibility index (Phi) is 6.13. The van der Waals surface area contributed by atoms with Gasteiger partial charge in [-0.15, -0.1) is 0 Å². The van der Waals surface area contributed by atoms with E-state index in [0.29, 0.717) is 31.3 Å². The molecule has 0 radical (unpaired) electrons. The minimum absolute atomic E-state index is 0.0755. The van der Waals surface area contributed by atoms with Crippen LogP contribution in [-0.4, -0.2) is 52.2 Å². The number of aliphatic carboxylic acids is 1. The number of carboxylic acids is 1. The van der Waals surface area contributed by atoms with Gasteiger partial charge in [-0.25, -0.2) is 4.79 Å². The molecule has 3 fully saturated rings. The summed E-state index contributed by atoms with van der Waals surface area (Å²) >= 11 is 0. The summed E-state index contributed by atoms with van der Waals surface area (Å²) in [6.45, 7) is 14.6. The van der Waals surface area contributed by atoms with Crippen LogP contribution < -0.4 is 0 Å². The quantitative estimate of drug-likeness (QED) is 0.350. The molecular weight excluding hydrogens is 440 g/mol. The van der Waals surface area contributed by atoms with Gasteiger partial charge >= 0.3 is 17.9 Å². The average Bonchev–Trinajstić information content (AvgIpc) is 2.71. The van der Waals surface area contributed by atoms with E-state index in [2.05, 4.69) is 6.58 Å². The predicted octanol–water partition coefficient (Wildman–Crippen LogP) is 3.30. The van der Waals surface area contributed by atoms with Crippen LogP contribution in [0, 0.1) is 34.0 Å². The first kappa shape index (κ1) is 26.4. The van der Waals surface area contributed by atoms with Gasteiger partial charge in [0.15, 0.2) is 5.78 Å². The highest BCUT2D eigenvalue weighted by Crippen LogP contribution is 2.70. The lowest BCUT2D eigenvalue weighted by Crippen LogP contribution is -2.71. The van der Waals surface area contributed by atoms with Crippen molar-refractivity contribution in [3.05, 3.63) is 12.2 Å². The Balaban J connectivity index is 2.17. The molecule has 190 valence electrons. The minimum atomic E-state index is -2.06. The van der Waals surface area contributed by atoms with E-state index in [9.17, 15) is 29.4 Å². The van der Waals surface area contributed by atoms with Crippen molar-refractivity contribution in [3.8, 4) is 0 Å². The van der Waals surface area contributed by atoms with E-state index in [-0.39, 0.29) is 18.3 Å². The van der Waals surface area contributed by atoms with Crippen molar-refractivity contribution in [2.75, 3.05) is 7.11 Å². The fourth-order valence-corrected chi connectivity index (χ4v) is 7.90. The van der Waals surface area contributed by atoms with Crippen LogP contribution in [0.15, 0.2) is 12.2 Å². The molecule has 0 amide bonds. The molecule has 1 aliphatic heterocycles. The monoisotopic (exact) mass is 478 g/mol. The van der Waals surface area contributed by atoms with Gasteiger partial charge in [-0.3, -0.25) is 14.4 Å². The van der Waals surface area contributed by atoms with E-state index >= 15 is 0 Å². The maximum atomic E-state index is 13.8. The van der Waals surface area contributed by atoms with Crippen molar-refractivity contribution in [2.45, 2.75) is 84.8 Å². The third kappa shape index (κ3) is 3.43. The standard InChI is InChI=1S/C26H38O8/c1-14-13-16-23(4,12-10-17(27)28)15(22(2,3)32)9-11-24(16,5)18-19(29)34-26(7,21(31)33-8)20(30)25(14,18)6/h15-16,18,32H,1,9-13H2,2-8H3,(H,27,28)/t15-,16+,18-,23-,24-,25-,26-/m1/s1. The lowest BCUT2D eigenvalue weighted by Gasteiger charge is -2.66. The zero-order chi connectivity index (χ0) is 26.1. The van der Waals surface area contributed by atoms with Crippen LogP contribution in [0.4, 0.5) is 0 Å². The molecule has 7 atom stereocenters. The molecule has 0 aromatic carbocycles. The SMILES string of the molecule is C=C1C[C@H]2[C@](C)(CCC(=O)O)[C@@H](C(C)(C)O)CC[C@@]2(C)[C@H]2C(=O)O[C@@](C)(C(=O)OC)C(=O)[C@]12C. The van der Waals surface area contributed by atoms with E-state index in [1.165, 1.54) is 6.92 Å². The number of ether oxygens (including phenoxy) is 2. The smallest absolute Gasteiger partial charge is 0.358 e. The number of fused-ring (bicyclic) bond motifs is 3. The second-order valence-corrected chi connectivity index (χ2v) is 11.9. The maximum Gasteiger partial charge on any atom is 0.358 e. The minimum Gasteiger partial charge on any atom is -0.481 e. The van der Waals surface area contributed by atoms with Gasteiger partial charge < -0.3 is 19.7 Å². The Hall–Kier alpha value is -2.22. The van der Waals surface area contributed by atoms with Crippen LogP contribution in [0.2, 0.25) is 0 Å². The number of carbonyl (C=O) groups is 4. The zero-order valence-corrected chi connectivity index (χ0v) is 21.3. The number of rotatable bonds is 5. The van der Waals surface area contributed by atoms with Crippen molar-refractivity contribution < 1.29 is 38.9 Å². The van der Waals surface area contributed by atoms with Crippen molar-refractivity contribution in [1.29, 1.82) is 0 Å². The molecule has 1 heterocycles. The van der Waals surface area contributed by atoms with Crippen molar-refractivity contribution in [1.82, 2.24) is 0 Å². The van der Waals surface area contributed by atoms with Gasteiger partial charge in [-0.2, -0.15) is 0 Å². The molecule has 8 heteroatoms. The largest absolute Gasteiger partial charge is 0.481 e. The van der Waals surface area contributed by atoms with Gasteiger partial charge in [-0.05, 0) is 76.0 Å². The highest BCUT2D eigenvalue weighted by Gasteiger charge is 2.73. The van der Waals surface area contributed by atoms with E-state index in [4.69, 9.17) is 9.47 Å². The normalized spacial score (nSPS) is 42.4. The zero-order valence-electron chi connectivity index (χ0n) is 21.3. The molecule has 2 aliphatic carbocycles. The first-order valence-corrected chi connectivity index (χ1v) is 11.9. The maximum absolute atomic E-state index is 13.8. The lowest BCUT2D eigenvalue weighted by molar-refractivity contribution is -0.225. The molecule has 0 unspecified atom stereocenters. The first-order valence-electron chi connectivity index (χ1n) is 11.9. The van der Waals surface area contributed by atoms with Crippen LogP contribution in [0.25, 0.3) is 0 Å².